The van der Waals surface area contributed by atoms with Gasteiger partial charge >= 0.3 is 0 Å². The number of aromatic nitrogens is 2. The summed E-state index contributed by atoms with van der Waals surface area (Å²) in [6.07, 6.45) is 0. The van der Waals surface area contributed by atoms with Gasteiger partial charge in [-0.2, -0.15) is 4.98 Å². The highest BCUT2D eigenvalue weighted by Gasteiger charge is 2.02. The van der Waals surface area contributed by atoms with Gasteiger partial charge in [0.25, 0.3) is 0 Å². The molecule has 0 aliphatic heterocycles. The lowest BCUT2D eigenvalue weighted by Gasteiger charge is -2.08. The minimum atomic E-state index is 0.493. The van der Waals surface area contributed by atoms with Crippen molar-refractivity contribution in [2.45, 2.75) is 13.5 Å². The van der Waals surface area contributed by atoms with Crippen LogP contribution >= 0.6 is 15.9 Å². The lowest BCUT2D eigenvalue weighted by atomic mass is 10.2. The fourth-order valence-corrected chi connectivity index (χ4v) is 1.74. The average Bonchev–Trinajstić information content (AvgIpc) is 2.37. The van der Waals surface area contributed by atoms with Crippen molar-refractivity contribution in [3.63, 3.8) is 0 Å². The number of nitrogens with one attached hydrogen (secondary N) is 1. The van der Waals surface area contributed by atoms with Crippen molar-refractivity contribution >= 4 is 21.7 Å². The van der Waals surface area contributed by atoms with E-state index in [0.717, 1.165) is 15.9 Å². The number of ether oxygens (including phenoxy) is 1. The van der Waals surface area contributed by atoms with Crippen molar-refractivity contribution in [1.82, 2.24) is 9.97 Å². The van der Waals surface area contributed by atoms with Crippen LogP contribution in [0.1, 0.15) is 11.4 Å². The van der Waals surface area contributed by atoms with Crippen molar-refractivity contribution in [2.75, 3.05) is 12.4 Å². The molecule has 0 spiro atoms. The molecule has 5 heteroatoms. The van der Waals surface area contributed by atoms with Gasteiger partial charge in [0.1, 0.15) is 18.2 Å². The molecule has 1 N–H and O–H groups in total. The quantitative estimate of drug-likeness (QED) is 0.942. The Labute approximate surface area is 115 Å². The summed E-state index contributed by atoms with van der Waals surface area (Å²) in [7, 11) is 1.82. The first-order valence-electron chi connectivity index (χ1n) is 5.58. The van der Waals surface area contributed by atoms with Gasteiger partial charge in [-0.25, -0.2) is 4.98 Å². The number of aryl methyl sites for hydroxylation is 1. The Kier molecular flexibility index (Phi) is 4.15. The van der Waals surface area contributed by atoms with Crippen LogP contribution in [-0.4, -0.2) is 17.0 Å². The average molecular weight is 308 g/mol. The molecule has 0 saturated heterocycles. The Morgan fingerprint density at radius 1 is 1.22 bits per heavy atom. The van der Waals surface area contributed by atoms with Crippen molar-refractivity contribution in [3.8, 4) is 5.88 Å². The largest absolute Gasteiger partial charge is 0.473 e. The molecule has 0 atom stereocenters. The summed E-state index contributed by atoms with van der Waals surface area (Å²) >= 11 is 3.40. The highest BCUT2D eigenvalue weighted by Crippen LogP contribution is 2.16. The number of halogens is 1. The zero-order chi connectivity index (χ0) is 13.0. The third kappa shape index (κ3) is 3.43. The number of nitrogens with zero attached hydrogens (tertiary/aromatic N) is 2. The van der Waals surface area contributed by atoms with E-state index in [0.29, 0.717) is 18.3 Å². The molecule has 1 aromatic carbocycles. The number of anilines is 1. The third-order valence-electron chi connectivity index (χ3n) is 2.37. The lowest BCUT2D eigenvalue weighted by molar-refractivity contribution is 0.293. The van der Waals surface area contributed by atoms with E-state index in [1.54, 1.807) is 6.07 Å². The second-order valence-electron chi connectivity index (χ2n) is 3.80. The van der Waals surface area contributed by atoms with Crippen molar-refractivity contribution < 1.29 is 4.74 Å². The van der Waals surface area contributed by atoms with E-state index in [-0.39, 0.29) is 0 Å². The van der Waals surface area contributed by atoms with Gasteiger partial charge in [0.2, 0.25) is 5.88 Å². The molecule has 0 bridgehead atoms. The van der Waals surface area contributed by atoms with Crippen LogP contribution in [-0.2, 0) is 6.61 Å². The summed E-state index contributed by atoms with van der Waals surface area (Å²) in [6.45, 7) is 2.33. The van der Waals surface area contributed by atoms with Crippen LogP contribution in [0.2, 0.25) is 0 Å². The van der Waals surface area contributed by atoms with Gasteiger partial charge in [0, 0.05) is 17.6 Å². The number of benzene rings is 1. The normalized spacial score (nSPS) is 10.2. The first-order chi connectivity index (χ1) is 8.67. The van der Waals surface area contributed by atoms with Crippen LogP contribution < -0.4 is 10.1 Å². The monoisotopic (exact) mass is 307 g/mol. The lowest BCUT2D eigenvalue weighted by Crippen LogP contribution is -2.02. The molecule has 0 unspecified atom stereocenters. The van der Waals surface area contributed by atoms with Gasteiger partial charge in [-0.15, -0.1) is 0 Å². The molecule has 0 radical (unpaired) electrons. The predicted octanol–water partition coefficient (Wildman–Crippen LogP) is 3.17. The maximum Gasteiger partial charge on any atom is 0.219 e. The molecule has 1 heterocycles. The third-order valence-corrected chi connectivity index (χ3v) is 2.90. The van der Waals surface area contributed by atoms with Crippen LogP contribution in [0.25, 0.3) is 0 Å². The minimum Gasteiger partial charge on any atom is -0.473 e. The second-order valence-corrected chi connectivity index (χ2v) is 4.72. The van der Waals surface area contributed by atoms with Crippen LogP contribution in [0.5, 0.6) is 5.88 Å². The molecule has 0 fully saturated rings. The molecule has 94 valence electrons. The number of hydrogen-bond donors (Lipinski definition) is 1. The number of rotatable bonds is 4. The van der Waals surface area contributed by atoms with Gasteiger partial charge in [-0.1, -0.05) is 28.1 Å². The standard InChI is InChI=1S/C13H14BrN3O/c1-9-16-12(15-2)7-13(17-9)18-8-10-3-5-11(14)6-4-10/h3-7H,8H2,1-2H3,(H,15,16,17). The first-order valence-corrected chi connectivity index (χ1v) is 6.37. The second kappa shape index (κ2) is 5.82. The molecule has 0 aliphatic carbocycles. The van der Waals surface area contributed by atoms with E-state index in [9.17, 15) is 0 Å². The molecule has 0 aliphatic rings. The van der Waals surface area contributed by atoms with Crippen LogP contribution in [0.15, 0.2) is 34.8 Å². The summed E-state index contributed by atoms with van der Waals surface area (Å²) in [6, 6.07) is 9.78. The zero-order valence-corrected chi connectivity index (χ0v) is 11.9. The molecule has 2 rings (SSSR count). The summed E-state index contributed by atoms with van der Waals surface area (Å²) in [4.78, 5) is 8.44. The van der Waals surface area contributed by atoms with Crippen LogP contribution in [0, 0.1) is 6.92 Å². The van der Waals surface area contributed by atoms with Crippen LogP contribution in [0.3, 0.4) is 0 Å². The molecule has 0 saturated carbocycles. The highest BCUT2D eigenvalue weighted by atomic mass is 79.9. The molecule has 4 nitrogen and oxygen atoms in total. The Morgan fingerprint density at radius 2 is 1.94 bits per heavy atom. The fourth-order valence-electron chi connectivity index (χ4n) is 1.48. The van der Waals surface area contributed by atoms with E-state index in [1.807, 2.05) is 38.2 Å². The Morgan fingerprint density at radius 3 is 2.61 bits per heavy atom. The van der Waals surface area contributed by atoms with E-state index in [2.05, 4.69) is 31.2 Å². The predicted molar refractivity (Wildman–Crippen MR) is 74.8 cm³/mol. The van der Waals surface area contributed by atoms with Crippen molar-refractivity contribution in [3.05, 3.63) is 46.2 Å². The minimum absolute atomic E-state index is 0.493. The molecular weight excluding hydrogens is 294 g/mol. The Bertz CT molecular complexity index is 528. The highest BCUT2D eigenvalue weighted by molar-refractivity contribution is 9.10. The summed E-state index contributed by atoms with van der Waals surface area (Å²) in [5.74, 6) is 2.02. The maximum atomic E-state index is 5.65. The molecule has 1 aromatic heterocycles. The van der Waals surface area contributed by atoms with Gasteiger partial charge in [-0.05, 0) is 24.6 Å². The van der Waals surface area contributed by atoms with Crippen molar-refractivity contribution in [2.24, 2.45) is 0 Å². The van der Waals surface area contributed by atoms with E-state index in [4.69, 9.17) is 4.74 Å². The maximum absolute atomic E-state index is 5.65. The number of hydrogen-bond acceptors (Lipinski definition) is 4. The van der Waals surface area contributed by atoms with Gasteiger partial charge in [0.05, 0.1) is 0 Å². The Hall–Kier alpha value is -1.62. The summed E-state index contributed by atoms with van der Waals surface area (Å²) in [5.41, 5.74) is 1.10. The van der Waals surface area contributed by atoms with Crippen molar-refractivity contribution in [1.29, 1.82) is 0 Å². The fraction of sp³-hybridized carbons (Fsp3) is 0.231. The molecule has 2 aromatic rings. The van der Waals surface area contributed by atoms with E-state index in [1.165, 1.54) is 0 Å². The molecule has 18 heavy (non-hydrogen) atoms. The van der Waals surface area contributed by atoms with E-state index < -0.39 is 0 Å². The van der Waals surface area contributed by atoms with Gasteiger partial charge in [-0.3, -0.25) is 0 Å². The SMILES string of the molecule is CNc1cc(OCc2ccc(Br)cc2)nc(C)n1. The molecular formula is C13H14BrN3O. The first kappa shape index (κ1) is 12.8. The smallest absolute Gasteiger partial charge is 0.219 e. The summed E-state index contributed by atoms with van der Waals surface area (Å²) < 4.78 is 6.71. The molecule has 0 amide bonds. The topological polar surface area (TPSA) is 47.0 Å². The van der Waals surface area contributed by atoms with Gasteiger partial charge in [0.15, 0.2) is 0 Å². The Balaban J connectivity index is 2.05. The summed E-state index contributed by atoms with van der Waals surface area (Å²) in [5, 5.41) is 2.98. The zero-order valence-electron chi connectivity index (χ0n) is 10.3. The van der Waals surface area contributed by atoms with Gasteiger partial charge < -0.3 is 10.1 Å². The van der Waals surface area contributed by atoms with E-state index >= 15 is 0 Å². The van der Waals surface area contributed by atoms with Crippen LogP contribution in [0.4, 0.5) is 5.82 Å².